The highest BCUT2D eigenvalue weighted by molar-refractivity contribution is 7.14. The summed E-state index contributed by atoms with van der Waals surface area (Å²) in [5.41, 5.74) is 3.15. The van der Waals surface area contributed by atoms with Gasteiger partial charge in [-0.1, -0.05) is 11.6 Å². The fraction of sp³-hybridized carbons (Fsp3) is 0.286. The Morgan fingerprint density at radius 1 is 1.11 bits per heavy atom. The number of aryl methyl sites for hydroxylation is 1. The Hall–Kier alpha value is -3.74. The average Bonchev–Trinajstić information content (AvgIpc) is 3.34. The third-order valence-electron chi connectivity index (χ3n) is 5.83. The molecule has 0 unspecified atom stereocenters. The van der Waals surface area contributed by atoms with Gasteiger partial charge in [0, 0.05) is 28.4 Å². The van der Waals surface area contributed by atoms with Gasteiger partial charge in [-0.2, -0.15) is 5.26 Å². The van der Waals surface area contributed by atoms with Crippen LogP contribution < -0.4 is 0 Å². The average molecular weight is 557 g/mol. The number of ketones is 1. The third kappa shape index (κ3) is 5.87. The van der Waals surface area contributed by atoms with E-state index in [1.807, 2.05) is 24.5 Å². The van der Waals surface area contributed by atoms with Crippen molar-refractivity contribution in [2.45, 2.75) is 41.0 Å². The van der Waals surface area contributed by atoms with Crippen LogP contribution in [-0.4, -0.2) is 35.5 Å². The number of allylic oxidation sites excluding steroid dienone is 1. The molecule has 0 saturated carbocycles. The van der Waals surface area contributed by atoms with Gasteiger partial charge in [0.1, 0.15) is 16.8 Å². The van der Waals surface area contributed by atoms with Crippen molar-refractivity contribution < 1.29 is 28.2 Å². The highest BCUT2D eigenvalue weighted by Crippen LogP contribution is 2.31. The number of hydrogen-bond acceptors (Lipinski definition) is 7. The smallest absolute Gasteiger partial charge is 0.348 e. The maximum absolute atomic E-state index is 13.7. The van der Waals surface area contributed by atoms with Crippen molar-refractivity contribution in [1.82, 2.24) is 4.57 Å². The van der Waals surface area contributed by atoms with E-state index in [4.69, 9.17) is 21.1 Å². The Labute approximate surface area is 229 Å². The molecule has 0 radical (unpaired) electrons. The van der Waals surface area contributed by atoms with E-state index in [1.54, 1.807) is 32.9 Å². The lowest BCUT2D eigenvalue weighted by molar-refractivity contribution is -0.114. The predicted molar refractivity (Wildman–Crippen MR) is 143 cm³/mol. The fourth-order valence-corrected chi connectivity index (χ4v) is 5.45. The van der Waals surface area contributed by atoms with Crippen LogP contribution in [0.5, 0.6) is 0 Å². The molecular weight excluding hydrogens is 531 g/mol. The maximum atomic E-state index is 13.7. The Morgan fingerprint density at radius 3 is 2.37 bits per heavy atom. The summed E-state index contributed by atoms with van der Waals surface area (Å²) >= 11 is 6.94. The van der Waals surface area contributed by atoms with Crippen molar-refractivity contribution in [3.8, 4) is 11.8 Å². The first-order valence-corrected chi connectivity index (χ1v) is 13.0. The molecule has 38 heavy (non-hydrogen) atoms. The highest BCUT2D eigenvalue weighted by atomic mass is 35.5. The van der Waals surface area contributed by atoms with Crippen molar-refractivity contribution in [3.05, 3.63) is 78.5 Å². The number of halogens is 2. The number of ether oxygens (including phenoxy) is 2. The molecule has 0 atom stereocenters. The monoisotopic (exact) mass is 556 g/mol. The molecule has 0 fully saturated rings. The molecule has 0 aliphatic carbocycles. The quantitative estimate of drug-likeness (QED) is 0.173. The molecule has 0 saturated heterocycles. The molecule has 0 spiro atoms. The molecule has 0 bridgehead atoms. The minimum Gasteiger partial charge on any atom is -0.462 e. The lowest BCUT2D eigenvalue weighted by atomic mass is 10.0. The van der Waals surface area contributed by atoms with E-state index in [1.165, 1.54) is 18.2 Å². The summed E-state index contributed by atoms with van der Waals surface area (Å²) < 4.78 is 25.7. The Morgan fingerprint density at radius 2 is 1.76 bits per heavy atom. The topological polar surface area (TPSA) is 98.4 Å². The van der Waals surface area contributed by atoms with Gasteiger partial charge in [0.05, 0.1) is 29.4 Å². The number of esters is 2. The maximum Gasteiger partial charge on any atom is 0.348 e. The SMILES string of the molecule is CCOC(=O)c1sc(CC(=O)/C(C#N)=C/c2cc(C)n(-c3ccc(F)c(Cl)c3)c2C)c(C(=O)OCC)c1C. The number of nitriles is 1. The number of rotatable bonds is 9. The molecule has 2 heterocycles. The zero-order chi connectivity index (χ0) is 28.1. The second kappa shape index (κ2) is 12.2. The van der Waals surface area contributed by atoms with Crippen LogP contribution in [0.15, 0.2) is 29.8 Å². The molecule has 0 N–H and O–H groups in total. The molecule has 2 aromatic heterocycles. The Balaban J connectivity index is 2.00. The summed E-state index contributed by atoms with van der Waals surface area (Å²) in [6.07, 6.45) is 1.20. The number of benzene rings is 1. The summed E-state index contributed by atoms with van der Waals surface area (Å²) in [4.78, 5) is 38.8. The zero-order valence-corrected chi connectivity index (χ0v) is 23.2. The zero-order valence-electron chi connectivity index (χ0n) is 21.6. The lowest BCUT2D eigenvalue weighted by Gasteiger charge is -2.10. The van der Waals surface area contributed by atoms with Gasteiger partial charge in [0.15, 0.2) is 5.78 Å². The van der Waals surface area contributed by atoms with Crippen LogP contribution in [0.2, 0.25) is 5.02 Å². The summed E-state index contributed by atoms with van der Waals surface area (Å²) in [5.74, 6) is -2.30. The molecule has 10 heteroatoms. The fourth-order valence-electron chi connectivity index (χ4n) is 4.09. The van der Waals surface area contributed by atoms with Gasteiger partial charge in [0.25, 0.3) is 0 Å². The van der Waals surface area contributed by atoms with Gasteiger partial charge < -0.3 is 14.0 Å². The number of thiophene rings is 1. The van der Waals surface area contributed by atoms with E-state index >= 15 is 0 Å². The minimum atomic E-state index is -0.649. The molecule has 198 valence electrons. The van der Waals surface area contributed by atoms with Crippen LogP contribution in [0.1, 0.15) is 61.3 Å². The Bertz CT molecular complexity index is 1500. The van der Waals surface area contributed by atoms with E-state index in [0.29, 0.717) is 21.7 Å². The largest absolute Gasteiger partial charge is 0.462 e. The minimum absolute atomic E-state index is 0.0224. The Kier molecular flexibility index (Phi) is 9.26. The standard InChI is InChI=1S/C28H26ClFN2O5S/c1-6-36-27(34)25-16(4)26(28(35)37-7-2)38-24(25)13-23(33)19(14-31)11-18-10-15(3)32(17(18)5)20-8-9-22(30)21(29)12-20/h8-12H,6-7,13H2,1-5H3/b19-11+. The molecular formula is C28H26ClFN2O5S. The highest BCUT2D eigenvalue weighted by Gasteiger charge is 2.28. The molecule has 7 nitrogen and oxygen atoms in total. The van der Waals surface area contributed by atoms with Gasteiger partial charge in [-0.05, 0) is 76.1 Å². The molecule has 0 amide bonds. The molecule has 3 rings (SSSR count). The first kappa shape index (κ1) is 28.8. The van der Waals surface area contributed by atoms with Crippen LogP contribution in [-0.2, 0) is 20.7 Å². The number of hydrogen-bond donors (Lipinski definition) is 0. The molecule has 0 aliphatic heterocycles. The third-order valence-corrected chi connectivity index (χ3v) is 7.40. The second-order valence-electron chi connectivity index (χ2n) is 8.33. The van der Waals surface area contributed by atoms with Gasteiger partial charge in [-0.3, -0.25) is 4.79 Å². The normalized spacial score (nSPS) is 11.3. The van der Waals surface area contributed by atoms with Gasteiger partial charge >= 0.3 is 11.9 Å². The van der Waals surface area contributed by atoms with E-state index < -0.39 is 23.5 Å². The second-order valence-corrected chi connectivity index (χ2v) is 9.84. The lowest BCUT2D eigenvalue weighted by Crippen LogP contribution is -2.12. The van der Waals surface area contributed by atoms with Crippen LogP contribution in [0, 0.1) is 37.9 Å². The summed E-state index contributed by atoms with van der Waals surface area (Å²) in [7, 11) is 0. The first-order valence-electron chi connectivity index (χ1n) is 11.8. The summed E-state index contributed by atoms with van der Waals surface area (Å²) in [6, 6.07) is 8.10. The van der Waals surface area contributed by atoms with Crippen molar-refractivity contribution in [3.63, 3.8) is 0 Å². The van der Waals surface area contributed by atoms with Crippen molar-refractivity contribution in [2.75, 3.05) is 13.2 Å². The van der Waals surface area contributed by atoms with Crippen molar-refractivity contribution >= 4 is 46.7 Å². The van der Waals surface area contributed by atoms with E-state index in [2.05, 4.69) is 0 Å². The van der Waals surface area contributed by atoms with Crippen LogP contribution in [0.4, 0.5) is 4.39 Å². The number of nitrogens with zero attached hydrogens (tertiary/aromatic N) is 2. The van der Waals surface area contributed by atoms with Crippen molar-refractivity contribution in [2.24, 2.45) is 0 Å². The van der Waals surface area contributed by atoms with E-state index in [-0.39, 0.29) is 40.7 Å². The number of carbonyl (C=O) groups is 3. The predicted octanol–water partition coefficient (Wildman–Crippen LogP) is 6.33. The van der Waals surface area contributed by atoms with Gasteiger partial charge in [-0.25, -0.2) is 14.0 Å². The van der Waals surface area contributed by atoms with Crippen LogP contribution >= 0.6 is 22.9 Å². The van der Waals surface area contributed by atoms with Crippen LogP contribution in [0.25, 0.3) is 11.8 Å². The van der Waals surface area contributed by atoms with Crippen molar-refractivity contribution in [1.29, 1.82) is 5.26 Å². The summed E-state index contributed by atoms with van der Waals surface area (Å²) in [5, 5.41) is 9.78. The number of aromatic nitrogens is 1. The van der Waals surface area contributed by atoms with Gasteiger partial charge in [-0.15, -0.1) is 11.3 Å². The molecule has 0 aliphatic rings. The first-order chi connectivity index (χ1) is 18.0. The molecule has 1 aromatic carbocycles. The van der Waals surface area contributed by atoms with Crippen LogP contribution in [0.3, 0.4) is 0 Å². The summed E-state index contributed by atoms with van der Waals surface area (Å²) in [6.45, 7) is 8.85. The molecule has 3 aromatic rings. The van der Waals surface area contributed by atoms with E-state index in [0.717, 1.165) is 22.7 Å². The van der Waals surface area contributed by atoms with E-state index in [9.17, 15) is 24.0 Å². The number of Topliss-reactive ketones (excluding diaryl/α,β-unsaturated/α-hetero) is 1. The van der Waals surface area contributed by atoms with Gasteiger partial charge in [0.2, 0.25) is 0 Å². The number of carbonyl (C=O) groups excluding carboxylic acids is 3.